The van der Waals surface area contributed by atoms with Crippen LogP contribution in [0.1, 0.15) is 17.2 Å². The van der Waals surface area contributed by atoms with Gasteiger partial charge in [0.25, 0.3) is 0 Å². The maximum atomic E-state index is 13.1. The lowest BCUT2D eigenvalue weighted by atomic mass is 10.0. The van der Waals surface area contributed by atoms with Crippen molar-refractivity contribution in [2.24, 2.45) is 0 Å². The van der Waals surface area contributed by atoms with Gasteiger partial charge in [-0.3, -0.25) is 0 Å². The number of halogens is 3. The summed E-state index contributed by atoms with van der Waals surface area (Å²) in [6.07, 6.45) is 0.639. The van der Waals surface area contributed by atoms with Gasteiger partial charge in [0, 0.05) is 6.04 Å². The zero-order valence-corrected chi connectivity index (χ0v) is 12.7. The summed E-state index contributed by atoms with van der Waals surface area (Å²) in [4.78, 5) is 0. The predicted octanol–water partition coefficient (Wildman–Crippen LogP) is 4.13. The van der Waals surface area contributed by atoms with E-state index in [-0.39, 0.29) is 6.04 Å². The monoisotopic (exact) mass is 379 g/mol. The van der Waals surface area contributed by atoms with E-state index >= 15 is 0 Å². The second-order valence-electron chi connectivity index (χ2n) is 3.98. The van der Waals surface area contributed by atoms with E-state index in [1.165, 1.54) is 20.6 Å². The Kier molecular flexibility index (Phi) is 4.69. The molecule has 1 aromatic carbocycles. The van der Waals surface area contributed by atoms with E-state index in [1.807, 2.05) is 7.05 Å². The molecule has 1 N–H and O–H groups in total. The minimum atomic E-state index is -0.801. The number of hydrogen-bond donors (Lipinski definition) is 1. The number of hydrogen-bond acceptors (Lipinski definition) is 2. The molecule has 1 heterocycles. The van der Waals surface area contributed by atoms with Gasteiger partial charge in [-0.15, -0.1) is 11.3 Å². The van der Waals surface area contributed by atoms with Gasteiger partial charge in [-0.1, -0.05) is 6.07 Å². The van der Waals surface area contributed by atoms with Crippen molar-refractivity contribution in [1.82, 2.24) is 5.32 Å². The van der Waals surface area contributed by atoms with Gasteiger partial charge in [-0.2, -0.15) is 0 Å². The highest BCUT2D eigenvalue weighted by molar-refractivity contribution is 14.1. The van der Waals surface area contributed by atoms with Crippen molar-refractivity contribution in [1.29, 1.82) is 0 Å². The molecular weight excluding hydrogens is 367 g/mol. The number of likely N-dealkylation sites (N-methyl/N-ethyl adjacent to an activating group) is 1. The van der Waals surface area contributed by atoms with Gasteiger partial charge in [0.15, 0.2) is 11.6 Å². The average molecular weight is 379 g/mol. The molecule has 0 saturated heterocycles. The third kappa shape index (κ3) is 3.27. The molecule has 0 saturated carbocycles. The maximum absolute atomic E-state index is 13.1. The van der Waals surface area contributed by atoms with Gasteiger partial charge < -0.3 is 5.32 Å². The third-order valence-electron chi connectivity index (χ3n) is 2.76. The van der Waals surface area contributed by atoms with Crippen LogP contribution in [0.2, 0.25) is 0 Å². The van der Waals surface area contributed by atoms with Crippen LogP contribution in [0.15, 0.2) is 29.6 Å². The molecule has 0 bridgehead atoms. The maximum Gasteiger partial charge on any atom is 0.159 e. The molecule has 18 heavy (non-hydrogen) atoms. The van der Waals surface area contributed by atoms with Gasteiger partial charge in [-0.25, -0.2) is 8.78 Å². The van der Waals surface area contributed by atoms with Crippen molar-refractivity contribution < 1.29 is 8.78 Å². The topological polar surface area (TPSA) is 12.0 Å². The van der Waals surface area contributed by atoms with E-state index in [4.69, 9.17) is 0 Å². The van der Waals surface area contributed by atoms with Gasteiger partial charge in [0.05, 0.1) is 2.88 Å². The lowest BCUT2D eigenvalue weighted by molar-refractivity contribution is 0.504. The van der Waals surface area contributed by atoms with Gasteiger partial charge in [0.2, 0.25) is 0 Å². The summed E-state index contributed by atoms with van der Waals surface area (Å²) in [5, 5.41) is 5.29. The molecule has 0 spiro atoms. The van der Waals surface area contributed by atoms with Crippen LogP contribution in [0.4, 0.5) is 8.78 Å². The van der Waals surface area contributed by atoms with E-state index < -0.39 is 11.6 Å². The Balaban J connectivity index is 2.17. The normalized spacial score (nSPS) is 12.7. The molecule has 1 unspecified atom stereocenters. The lowest BCUT2D eigenvalue weighted by Gasteiger charge is -2.15. The van der Waals surface area contributed by atoms with Crippen LogP contribution in [0, 0.1) is 14.5 Å². The molecule has 5 heteroatoms. The zero-order chi connectivity index (χ0) is 13.1. The molecule has 0 aliphatic rings. The summed E-state index contributed by atoms with van der Waals surface area (Å²) in [6, 6.07) is 6.28. The Morgan fingerprint density at radius 1 is 1.28 bits per heavy atom. The van der Waals surface area contributed by atoms with Crippen molar-refractivity contribution in [2.45, 2.75) is 12.5 Å². The highest BCUT2D eigenvalue weighted by Crippen LogP contribution is 2.25. The SMILES string of the molecule is CNC(Cc1ccc(F)c(F)c1)c1csc(I)c1. The van der Waals surface area contributed by atoms with E-state index in [2.05, 4.69) is 39.4 Å². The van der Waals surface area contributed by atoms with Crippen LogP contribution in [-0.2, 0) is 6.42 Å². The first kappa shape index (κ1) is 13.9. The molecule has 96 valence electrons. The number of nitrogens with one attached hydrogen (secondary N) is 1. The molecule has 1 aromatic heterocycles. The summed E-state index contributed by atoms with van der Waals surface area (Å²) >= 11 is 3.95. The largest absolute Gasteiger partial charge is 0.313 e. The quantitative estimate of drug-likeness (QED) is 0.788. The zero-order valence-electron chi connectivity index (χ0n) is 9.71. The standard InChI is InChI=1S/C13H12F2INS/c1-17-12(9-6-13(16)18-7-9)5-8-2-3-10(14)11(15)4-8/h2-4,6-7,12,17H,5H2,1H3. The highest BCUT2D eigenvalue weighted by atomic mass is 127. The van der Waals surface area contributed by atoms with Crippen LogP contribution in [0.25, 0.3) is 0 Å². The van der Waals surface area contributed by atoms with Crippen molar-refractivity contribution in [3.8, 4) is 0 Å². The Bertz CT molecular complexity index is 542. The Morgan fingerprint density at radius 3 is 2.61 bits per heavy atom. The number of benzene rings is 1. The third-order valence-corrected chi connectivity index (χ3v) is 4.57. The van der Waals surface area contributed by atoms with Gasteiger partial charge in [0.1, 0.15) is 0 Å². The first-order valence-corrected chi connectivity index (χ1v) is 7.41. The average Bonchev–Trinajstić information content (AvgIpc) is 2.77. The molecule has 0 amide bonds. The first-order valence-electron chi connectivity index (χ1n) is 5.45. The fourth-order valence-electron chi connectivity index (χ4n) is 1.80. The van der Waals surface area contributed by atoms with Gasteiger partial charge in [-0.05, 0) is 70.8 Å². The first-order chi connectivity index (χ1) is 8.60. The Morgan fingerprint density at radius 2 is 2.06 bits per heavy atom. The Labute approximate surface area is 122 Å². The number of thiophene rings is 1. The molecule has 2 aromatic rings. The molecule has 0 aliphatic heterocycles. The van der Waals surface area contributed by atoms with Gasteiger partial charge >= 0.3 is 0 Å². The highest BCUT2D eigenvalue weighted by Gasteiger charge is 2.13. The fraction of sp³-hybridized carbons (Fsp3) is 0.231. The predicted molar refractivity (Wildman–Crippen MR) is 78.9 cm³/mol. The summed E-state index contributed by atoms with van der Waals surface area (Å²) in [7, 11) is 1.87. The molecule has 2 rings (SSSR count). The minimum Gasteiger partial charge on any atom is -0.313 e. The smallest absolute Gasteiger partial charge is 0.159 e. The molecular formula is C13H12F2INS. The summed E-state index contributed by atoms with van der Waals surface area (Å²) in [5.41, 5.74) is 1.96. The molecule has 0 radical (unpaired) electrons. The summed E-state index contributed by atoms with van der Waals surface area (Å²) in [6.45, 7) is 0. The number of rotatable bonds is 4. The van der Waals surface area contributed by atoms with E-state index in [9.17, 15) is 8.78 Å². The van der Waals surface area contributed by atoms with Crippen LogP contribution in [-0.4, -0.2) is 7.05 Å². The fourth-order valence-corrected chi connectivity index (χ4v) is 3.22. The lowest BCUT2D eigenvalue weighted by Crippen LogP contribution is -2.18. The molecule has 1 nitrogen and oxygen atoms in total. The minimum absolute atomic E-state index is 0.120. The van der Waals surface area contributed by atoms with Crippen LogP contribution >= 0.6 is 33.9 Å². The van der Waals surface area contributed by atoms with Crippen molar-refractivity contribution >= 4 is 33.9 Å². The molecule has 1 atom stereocenters. The van der Waals surface area contributed by atoms with Crippen molar-refractivity contribution in [2.75, 3.05) is 7.05 Å². The second kappa shape index (κ2) is 6.08. The molecule has 0 aliphatic carbocycles. The van der Waals surface area contributed by atoms with Crippen LogP contribution in [0.3, 0.4) is 0 Å². The molecule has 0 fully saturated rings. The second-order valence-corrected chi connectivity index (χ2v) is 6.78. The summed E-state index contributed by atoms with van der Waals surface area (Å²) < 4.78 is 27.2. The van der Waals surface area contributed by atoms with E-state index in [0.717, 1.165) is 5.56 Å². The Hall–Kier alpha value is -0.530. The summed E-state index contributed by atoms with van der Waals surface area (Å²) in [5.74, 6) is -1.59. The van der Waals surface area contributed by atoms with Crippen LogP contribution < -0.4 is 5.32 Å². The van der Waals surface area contributed by atoms with Crippen LogP contribution in [0.5, 0.6) is 0 Å². The van der Waals surface area contributed by atoms with E-state index in [0.29, 0.717) is 6.42 Å². The van der Waals surface area contributed by atoms with Crippen molar-refractivity contribution in [3.63, 3.8) is 0 Å². The van der Waals surface area contributed by atoms with Crippen molar-refractivity contribution in [3.05, 3.63) is 55.3 Å². The van der Waals surface area contributed by atoms with E-state index in [1.54, 1.807) is 17.4 Å².